The van der Waals surface area contributed by atoms with Crippen LogP contribution in [0.4, 0.5) is 20.3 Å². The van der Waals surface area contributed by atoms with Crippen LogP contribution in [-0.2, 0) is 4.74 Å². The minimum Gasteiger partial charge on any atom is -0.385 e. The molecular weight excluding hydrogens is 306 g/mol. The number of carbonyl (C=O) groups is 1. The lowest BCUT2D eigenvalue weighted by molar-refractivity contribution is 0.102. The molecule has 2 rings (SSSR count). The fourth-order valence-corrected chi connectivity index (χ4v) is 1.81. The summed E-state index contributed by atoms with van der Waals surface area (Å²) >= 11 is 0. The number of aromatic nitrogens is 2. The number of carbonyl (C=O) groups excluding carboxylic acids is 1. The molecule has 0 saturated carbocycles. The molecule has 1 heterocycles. The van der Waals surface area contributed by atoms with Crippen LogP contribution in [0.5, 0.6) is 0 Å². The summed E-state index contributed by atoms with van der Waals surface area (Å²) < 4.78 is 32.0. The van der Waals surface area contributed by atoms with Crippen molar-refractivity contribution in [3.63, 3.8) is 0 Å². The number of rotatable bonds is 7. The Bertz CT molecular complexity index is 662. The molecule has 6 nitrogen and oxygen atoms in total. The molecule has 0 atom stereocenters. The molecule has 2 aromatic rings. The Morgan fingerprint density at radius 2 is 2.00 bits per heavy atom. The maximum atomic E-state index is 13.5. The van der Waals surface area contributed by atoms with Gasteiger partial charge in [0, 0.05) is 26.3 Å². The second kappa shape index (κ2) is 8.14. The summed E-state index contributed by atoms with van der Waals surface area (Å²) in [6.07, 6.45) is 1.97. The maximum Gasteiger partial charge on any atom is 0.274 e. The topological polar surface area (TPSA) is 76.1 Å². The van der Waals surface area contributed by atoms with E-state index in [4.69, 9.17) is 4.74 Å². The Labute approximate surface area is 131 Å². The second-order valence-electron chi connectivity index (χ2n) is 4.61. The van der Waals surface area contributed by atoms with Crippen LogP contribution in [0.25, 0.3) is 0 Å². The van der Waals surface area contributed by atoms with Crippen molar-refractivity contribution in [2.75, 3.05) is 30.9 Å². The molecule has 1 aromatic carbocycles. The highest BCUT2D eigenvalue weighted by atomic mass is 19.1. The average Bonchev–Trinajstić information content (AvgIpc) is 2.55. The van der Waals surface area contributed by atoms with Crippen LogP contribution in [0.15, 0.2) is 30.6 Å². The highest BCUT2D eigenvalue weighted by Gasteiger charge is 2.14. The number of amides is 1. The molecule has 0 fully saturated rings. The summed E-state index contributed by atoms with van der Waals surface area (Å²) in [4.78, 5) is 19.8. The van der Waals surface area contributed by atoms with Crippen molar-refractivity contribution in [1.82, 2.24) is 9.97 Å². The van der Waals surface area contributed by atoms with Gasteiger partial charge in [-0.15, -0.1) is 0 Å². The van der Waals surface area contributed by atoms with Gasteiger partial charge < -0.3 is 15.4 Å². The first-order valence-electron chi connectivity index (χ1n) is 6.92. The third-order valence-electron chi connectivity index (χ3n) is 2.93. The van der Waals surface area contributed by atoms with E-state index < -0.39 is 23.2 Å². The monoisotopic (exact) mass is 322 g/mol. The second-order valence-corrected chi connectivity index (χ2v) is 4.61. The molecular formula is C15H16F2N4O2. The Balaban J connectivity index is 2.05. The molecule has 23 heavy (non-hydrogen) atoms. The molecule has 0 aliphatic rings. The van der Waals surface area contributed by atoms with E-state index in [1.165, 1.54) is 18.5 Å². The van der Waals surface area contributed by atoms with Crippen molar-refractivity contribution in [2.24, 2.45) is 0 Å². The zero-order valence-corrected chi connectivity index (χ0v) is 12.5. The average molecular weight is 322 g/mol. The summed E-state index contributed by atoms with van der Waals surface area (Å²) in [5.74, 6) is -2.00. The molecule has 0 aliphatic carbocycles. The predicted molar refractivity (Wildman–Crippen MR) is 81.3 cm³/mol. The standard InChI is InChI=1S/C15H16F2N4O2/c1-23-7-3-6-18-13-8-12(19-9-20-13)15(22)21-14-10(16)4-2-5-11(14)17/h2,4-5,8-9H,3,6-7H2,1H3,(H,21,22)(H,18,19,20). The van der Waals surface area contributed by atoms with E-state index in [1.54, 1.807) is 7.11 Å². The number of methoxy groups -OCH3 is 1. The van der Waals surface area contributed by atoms with E-state index in [1.807, 2.05) is 0 Å². The normalized spacial score (nSPS) is 10.4. The quantitative estimate of drug-likeness (QED) is 0.766. The van der Waals surface area contributed by atoms with Gasteiger partial charge in [0.1, 0.15) is 35.2 Å². The fraction of sp³-hybridized carbons (Fsp3) is 0.267. The minimum atomic E-state index is -0.856. The molecule has 0 spiro atoms. The number of hydrogen-bond acceptors (Lipinski definition) is 5. The van der Waals surface area contributed by atoms with Crippen LogP contribution in [0.1, 0.15) is 16.9 Å². The zero-order valence-electron chi connectivity index (χ0n) is 12.5. The predicted octanol–water partition coefficient (Wildman–Crippen LogP) is 2.46. The van der Waals surface area contributed by atoms with E-state index in [9.17, 15) is 13.6 Å². The third kappa shape index (κ3) is 4.68. The number of hydrogen-bond donors (Lipinski definition) is 2. The summed E-state index contributed by atoms with van der Waals surface area (Å²) in [5, 5.41) is 5.17. The van der Waals surface area contributed by atoms with Gasteiger partial charge in [0.15, 0.2) is 0 Å². The lowest BCUT2D eigenvalue weighted by Gasteiger charge is -2.08. The van der Waals surface area contributed by atoms with Crippen molar-refractivity contribution in [1.29, 1.82) is 0 Å². The Morgan fingerprint density at radius 3 is 2.70 bits per heavy atom. The number of para-hydroxylation sites is 1. The molecule has 0 bridgehead atoms. The molecule has 2 N–H and O–H groups in total. The van der Waals surface area contributed by atoms with Crippen LogP contribution in [0.3, 0.4) is 0 Å². The Kier molecular flexibility index (Phi) is 5.93. The number of nitrogens with zero attached hydrogens (tertiary/aromatic N) is 2. The smallest absolute Gasteiger partial charge is 0.274 e. The molecule has 1 amide bonds. The minimum absolute atomic E-state index is 0.00288. The lowest BCUT2D eigenvalue weighted by Crippen LogP contribution is -2.16. The van der Waals surface area contributed by atoms with E-state index in [0.717, 1.165) is 18.6 Å². The zero-order chi connectivity index (χ0) is 16.7. The molecule has 0 aliphatic heterocycles. The van der Waals surface area contributed by atoms with Crippen LogP contribution in [-0.4, -0.2) is 36.1 Å². The molecule has 0 radical (unpaired) electrons. The largest absolute Gasteiger partial charge is 0.385 e. The van der Waals surface area contributed by atoms with E-state index in [2.05, 4.69) is 20.6 Å². The molecule has 0 unspecified atom stereocenters. The molecule has 1 aromatic heterocycles. The highest BCUT2D eigenvalue weighted by Crippen LogP contribution is 2.18. The summed E-state index contributed by atoms with van der Waals surface area (Å²) in [6, 6.07) is 4.73. The van der Waals surface area contributed by atoms with Crippen LogP contribution in [0.2, 0.25) is 0 Å². The van der Waals surface area contributed by atoms with Crippen LogP contribution >= 0.6 is 0 Å². The van der Waals surface area contributed by atoms with Crippen LogP contribution in [0, 0.1) is 11.6 Å². The maximum absolute atomic E-state index is 13.5. The van der Waals surface area contributed by atoms with E-state index in [0.29, 0.717) is 19.0 Å². The van der Waals surface area contributed by atoms with Gasteiger partial charge in [-0.1, -0.05) is 6.07 Å². The molecule has 0 saturated heterocycles. The fourth-order valence-electron chi connectivity index (χ4n) is 1.81. The van der Waals surface area contributed by atoms with Gasteiger partial charge in [-0.3, -0.25) is 4.79 Å². The number of ether oxygens (including phenoxy) is 1. The van der Waals surface area contributed by atoms with Gasteiger partial charge in [0.05, 0.1) is 0 Å². The highest BCUT2D eigenvalue weighted by molar-refractivity contribution is 6.03. The van der Waals surface area contributed by atoms with Crippen molar-refractivity contribution < 1.29 is 18.3 Å². The van der Waals surface area contributed by atoms with Gasteiger partial charge in [0.25, 0.3) is 5.91 Å². The van der Waals surface area contributed by atoms with Crippen molar-refractivity contribution in [3.05, 3.63) is 47.9 Å². The summed E-state index contributed by atoms with van der Waals surface area (Å²) in [5.41, 5.74) is -0.511. The molecule has 122 valence electrons. The van der Waals surface area contributed by atoms with Crippen molar-refractivity contribution >= 4 is 17.4 Å². The first-order valence-corrected chi connectivity index (χ1v) is 6.92. The van der Waals surface area contributed by atoms with Gasteiger partial charge in [-0.25, -0.2) is 18.7 Å². The van der Waals surface area contributed by atoms with Crippen molar-refractivity contribution in [2.45, 2.75) is 6.42 Å². The van der Waals surface area contributed by atoms with Crippen molar-refractivity contribution in [3.8, 4) is 0 Å². The number of nitrogens with one attached hydrogen (secondary N) is 2. The van der Waals surface area contributed by atoms with Gasteiger partial charge in [-0.2, -0.15) is 0 Å². The first-order chi connectivity index (χ1) is 11.1. The lowest BCUT2D eigenvalue weighted by atomic mass is 10.2. The first kappa shape index (κ1) is 16.8. The van der Waals surface area contributed by atoms with Gasteiger partial charge in [-0.05, 0) is 18.6 Å². The Morgan fingerprint density at radius 1 is 1.26 bits per heavy atom. The van der Waals surface area contributed by atoms with Crippen LogP contribution < -0.4 is 10.6 Å². The third-order valence-corrected chi connectivity index (χ3v) is 2.93. The number of anilines is 2. The number of benzene rings is 1. The van der Waals surface area contributed by atoms with Gasteiger partial charge >= 0.3 is 0 Å². The summed E-state index contributed by atoms with van der Waals surface area (Å²) in [7, 11) is 1.61. The van der Waals surface area contributed by atoms with E-state index in [-0.39, 0.29) is 5.69 Å². The SMILES string of the molecule is COCCCNc1cc(C(=O)Nc2c(F)cccc2F)ncn1. The summed E-state index contributed by atoms with van der Waals surface area (Å²) in [6.45, 7) is 1.20. The van der Waals surface area contributed by atoms with Gasteiger partial charge in [0.2, 0.25) is 0 Å². The van der Waals surface area contributed by atoms with E-state index >= 15 is 0 Å². The molecule has 8 heteroatoms. The number of halogens is 2. The Hall–Kier alpha value is -2.61.